The molecular weight excluding hydrogens is 453 g/mol. The van der Waals surface area contributed by atoms with Crippen LogP contribution < -0.4 is 25.0 Å². The molecule has 0 bridgehead atoms. The second-order valence-electron chi connectivity index (χ2n) is 8.90. The largest absolute Gasteiger partial charge is 0.485 e. The molecule has 3 aromatic rings. The molecule has 10 heteroatoms. The second kappa shape index (κ2) is 8.38. The van der Waals surface area contributed by atoms with Gasteiger partial charge in [-0.15, -0.1) is 0 Å². The number of pyridine rings is 2. The van der Waals surface area contributed by atoms with Gasteiger partial charge in [-0.1, -0.05) is 0 Å². The summed E-state index contributed by atoms with van der Waals surface area (Å²) in [4.78, 5) is 22.5. The Balaban J connectivity index is 1.30. The van der Waals surface area contributed by atoms with Crippen molar-refractivity contribution < 1.29 is 23.8 Å². The number of ether oxygens (including phenoxy) is 2. The highest BCUT2D eigenvalue weighted by atomic mass is 19.1. The van der Waals surface area contributed by atoms with Crippen LogP contribution in [0.25, 0.3) is 11.1 Å². The predicted molar refractivity (Wildman–Crippen MR) is 128 cm³/mol. The fourth-order valence-corrected chi connectivity index (χ4v) is 4.74. The molecule has 2 atom stereocenters. The van der Waals surface area contributed by atoms with Crippen LogP contribution in [0.3, 0.4) is 0 Å². The van der Waals surface area contributed by atoms with Gasteiger partial charge < -0.3 is 30.1 Å². The number of nitrogens with zero attached hydrogens (tertiary/aromatic N) is 3. The number of hydrogen-bond donors (Lipinski definition) is 3. The molecule has 0 radical (unpaired) electrons. The quantitative estimate of drug-likeness (QED) is 0.521. The molecule has 2 aromatic heterocycles. The van der Waals surface area contributed by atoms with Crippen LogP contribution in [0.2, 0.25) is 0 Å². The van der Waals surface area contributed by atoms with Crippen molar-refractivity contribution >= 4 is 28.8 Å². The number of amides is 1. The molecule has 3 N–H and O–H groups in total. The van der Waals surface area contributed by atoms with Crippen molar-refractivity contribution in [2.24, 2.45) is 0 Å². The van der Waals surface area contributed by atoms with E-state index in [1.165, 1.54) is 11.0 Å². The van der Waals surface area contributed by atoms with Gasteiger partial charge >= 0.3 is 0 Å². The lowest BCUT2D eigenvalue weighted by Crippen LogP contribution is -2.34. The third-order valence-corrected chi connectivity index (χ3v) is 6.51. The Morgan fingerprint density at radius 1 is 1.23 bits per heavy atom. The normalized spacial score (nSPS) is 20.2. The number of nitrogens with one attached hydrogen (secondary N) is 2. The van der Waals surface area contributed by atoms with E-state index < -0.39 is 5.82 Å². The first-order chi connectivity index (χ1) is 17.0. The molecule has 2 unspecified atom stereocenters. The summed E-state index contributed by atoms with van der Waals surface area (Å²) in [6.45, 7) is 2.74. The van der Waals surface area contributed by atoms with Crippen molar-refractivity contribution in [3.05, 3.63) is 48.0 Å². The Hall–Kier alpha value is -3.92. The molecule has 3 aliphatic rings. The number of rotatable bonds is 4. The zero-order chi connectivity index (χ0) is 24.1. The van der Waals surface area contributed by atoms with E-state index in [4.69, 9.17) is 9.47 Å². The van der Waals surface area contributed by atoms with Crippen LogP contribution in [0.1, 0.15) is 31.4 Å². The Morgan fingerprint density at radius 2 is 2.11 bits per heavy atom. The van der Waals surface area contributed by atoms with Crippen LogP contribution in [0, 0.1) is 5.82 Å². The maximum atomic E-state index is 15.0. The summed E-state index contributed by atoms with van der Waals surface area (Å²) in [6.07, 6.45) is 4.20. The van der Waals surface area contributed by atoms with Gasteiger partial charge in [0.15, 0.2) is 0 Å². The number of carbonyl (C=O) groups is 1. The number of aliphatic hydroxyl groups excluding tert-OH is 1. The average Bonchev–Trinajstić information content (AvgIpc) is 3.29. The molecule has 35 heavy (non-hydrogen) atoms. The zero-order valence-electron chi connectivity index (χ0n) is 19.0. The molecular formula is C25H24FN5O4. The van der Waals surface area contributed by atoms with Gasteiger partial charge in [0.2, 0.25) is 11.8 Å². The number of carbonyl (C=O) groups excluding carboxylic acids is 1. The summed E-state index contributed by atoms with van der Waals surface area (Å²) in [5.74, 6) is 1.07. The summed E-state index contributed by atoms with van der Waals surface area (Å²) in [5, 5.41) is 15.8. The molecule has 0 spiro atoms. The highest BCUT2D eigenvalue weighted by Crippen LogP contribution is 2.45. The minimum Gasteiger partial charge on any atom is -0.485 e. The number of aliphatic hydroxyl groups is 1. The van der Waals surface area contributed by atoms with Crippen molar-refractivity contribution in [1.82, 2.24) is 9.97 Å². The average molecular weight is 477 g/mol. The first-order valence-electron chi connectivity index (χ1n) is 11.6. The second-order valence-corrected chi connectivity index (χ2v) is 8.90. The first kappa shape index (κ1) is 21.6. The third-order valence-electron chi connectivity index (χ3n) is 6.51. The van der Waals surface area contributed by atoms with Crippen LogP contribution in [0.4, 0.5) is 27.3 Å². The Labute approximate surface area is 200 Å². The molecule has 3 aliphatic heterocycles. The van der Waals surface area contributed by atoms with Crippen LogP contribution in [-0.2, 0) is 4.79 Å². The van der Waals surface area contributed by atoms with Crippen molar-refractivity contribution in [3.8, 4) is 22.8 Å². The van der Waals surface area contributed by atoms with E-state index in [0.29, 0.717) is 54.0 Å². The van der Waals surface area contributed by atoms with E-state index in [9.17, 15) is 9.90 Å². The van der Waals surface area contributed by atoms with Gasteiger partial charge in [-0.3, -0.25) is 4.79 Å². The van der Waals surface area contributed by atoms with Crippen LogP contribution in [0.5, 0.6) is 11.6 Å². The Morgan fingerprint density at radius 3 is 2.91 bits per heavy atom. The van der Waals surface area contributed by atoms with E-state index in [0.717, 1.165) is 17.5 Å². The fourth-order valence-electron chi connectivity index (χ4n) is 4.74. The van der Waals surface area contributed by atoms with Gasteiger partial charge in [-0.05, 0) is 31.5 Å². The minimum absolute atomic E-state index is 0.0424. The SMILES string of the molecule is CC1Oc2cc(N3CCCC3=O)c(F)cc2-c2cnc(Nc3cnc4c(c3)NC(CO)CO4)cc21. The van der Waals surface area contributed by atoms with E-state index in [1.807, 2.05) is 19.1 Å². The highest BCUT2D eigenvalue weighted by molar-refractivity contribution is 5.96. The van der Waals surface area contributed by atoms with Crippen LogP contribution >= 0.6 is 0 Å². The van der Waals surface area contributed by atoms with Crippen LogP contribution in [0.15, 0.2) is 36.7 Å². The Kier molecular flexibility index (Phi) is 5.18. The smallest absolute Gasteiger partial charge is 0.237 e. The summed E-state index contributed by atoms with van der Waals surface area (Å²) in [6, 6.07) is 6.57. The number of anilines is 4. The topological polar surface area (TPSA) is 109 Å². The van der Waals surface area contributed by atoms with Gasteiger partial charge in [-0.25, -0.2) is 14.4 Å². The van der Waals surface area contributed by atoms with E-state index in [2.05, 4.69) is 20.6 Å². The van der Waals surface area contributed by atoms with E-state index in [-0.39, 0.29) is 30.3 Å². The van der Waals surface area contributed by atoms with Crippen LogP contribution in [-0.4, -0.2) is 46.8 Å². The number of benzene rings is 1. The maximum absolute atomic E-state index is 15.0. The molecule has 180 valence electrons. The van der Waals surface area contributed by atoms with Gasteiger partial charge in [0, 0.05) is 41.9 Å². The van der Waals surface area contributed by atoms with Crippen molar-refractivity contribution in [2.75, 3.05) is 35.3 Å². The summed E-state index contributed by atoms with van der Waals surface area (Å²) in [5.41, 5.74) is 3.90. The standard InChI is InChI=1S/C25H24FN5O4/c1-13-16-7-23(30-14-5-20-25(28-9-14)34-12-15(11-32)29-20)27-10-18(16)17-6-19(26)21(8-22(17)35-13)31-4-2-3-24(31)33/h5-10,13,15,29,32H,2-4,11-12H2,1H3,(H,27,30). The number of halogens is 1. The molecule has 6 rings (SSSR count). The van der Waals surface area contributed by atoms with Crippen molar-refractivity contribution in [1.29, 1.82) is 0 Å². The monoisotopic (exact) mass is 477 g/mol. The molecule has 1 amide bonds. The molecule has 0 aliphatic carbocycles. The lowest BCUT2D eigenvalue weighted by atomic mass is 9.94. The highest BCUT2D eigenvalue weighted by Gasteiger charge is 2.30. The summed E-state index contributed by atoms with van der Waals surface area (Å²) < 4.78 is 26.7. The molecule has 1 saturated heterocycles. The fraction of sp³-hybridized carbons (Fsp3) is 0.320. The molecule has 0 saturated carbocycles. The zero-order valence-corrected chi connectivity index (χ0v) is 19.0. The van der Waals surface area contributed by atoms with Gasteiger partial charge in [0.05, 0.1) is 35.9 Å². The van der Waals surface area contributed by atoms with E-state index in [1.54, 1.807) is 18.5 Å². The van der Waals surface area contributed by atoms with Crippen molar-refractivity contribution in [2.45, 2.75) is 31.9 Å². The molecule has 1 fully saturated rings. The molecule has 9 nitrogen and oxygen atoms in total. The van der Waals surface area contributed by atoms with Crippen molar-refractivity contribution in [3.63, 3.8) is 0 Å². The number of fused-ring (bicyclic) bond motifs is 4. The number of hydrogen-bond acceptors (Lipinski definition) is 8. The van der Waals surface area contributed by atoms with Gasteiger partial charge in [-0.2, -0.15) is 0 Å². The lowest BCUT2D eigenvalue weighted by Gasteiger charge is -2.28. The first-order valence-corrected chi connectivity index (χ1v) is 11.6. The Bertz CT molecular complexity index is 1330. The molecule has 5 heterocycles. The number of aromatic nitrogens is 2. The lowest BCUT2D eigenvalue weighted by molar-refractivity contribution is -0.117. The summed E-state index contributed by atoms with van der Waals surface area (Å²) in [7, 11) is 0. The summed E-state index contributed by atoms with van der Waals surface area (Å²) >= 11 is 0. The third kappa shape index (κ3) is 3.79. The van der Waals surface area contributed by atoms with Gasteiger partial charge in [0.25, 0.3) is 0 Å². The van der Waals surface area contributed by atoms with Gasteiger partial charge in [0.1, 0.15) is 30.1 Å². The maximum Gasteiger partial charge on any atom is 0.237 e. The van der Waals surface area contributed by atoms with E-state index >= 15 is 4.39 Å². The predicted octanol–water partition coefficient (Wildman–Crippen LogP) is 3.77. The molecule has 1 aromatic carbocycles. The minimum atomic E-state index is -0.457.